The molecule has 0 saturated carbocycles. The van der Waals surface area contributed by atoms with Crippen LogP contribution in [0.25, 0.3) is 0 Å². The molecular formula is C17H25N3O5. The van der Waals surface area contributed by atoms with Crippen molar-refractivity contribution >= 4 is 17.9 Å². The summed E-state index contributed by atoms with van der Waals surface area (Å²) in [4.78, 5) is 37.0. The van der Waals surface area contributed by atoms with E-state index in [9.17, 15) is 14.4 Å². The van der Waals surface area contributed by atoms with Gasteiger partial charge in [0.25, 0.3) is 5.91 Å². The highest BCUT2D eigenvalue weighted by Gasteiger charge is 2.24. The van der Waals surface area contributed by atoms with Crippen molar-refractivity contribution in [2.75, 3.05) is 32.8 Å². The highest BCUT2D eigenvalue weighted by atomic mass is 16.5. The minimum Gasteiger partial charge on any atom is -0.466 e. The highest BCUT2D eigenvalue weighted by Crippen LogP contribution is 2.16. The minimum absolute atomic E-state index is 0.163. The molecule has 1 aliphatic rings. The predicted octanol–water partition coefficient (Wildman–Crippen LogP) is 1.38. The summed E-state index contributed by atoms with van der Waals surface area (Å²) in [5, 5.41) is 5.57. The average molecular weight is 351 g/mol. The maximum absolute atomic E-state index is 12.2. The fraction of sp³-hybridized carbons (Fsp3) is 0.588. The topological polar surface area (TPSA) is 101 Å². The van der Waals surface area contributed by atoms with Gasteiger partial charge in [-0.15, -0.1) is 0 Å². The zero-order valence-corrected chi connectivity index (χ0v) is 14.5. The Morgan fingerprint density at radius 2 is 2.20 bits per heavy atom. The van der Waals surface area contributed by atoms with Crippen molar-refractivity contribution in [3.63, 3.8) is 0 Å². The summed E-state index contributed by atoms with van der Waals surface area (Å²) < 4.78 is 9.87. The van der Waals surface area contributed by atoms with Crippen LogP contribution in [0.15, 0.2) is 22.8 Å². The number of nitrogens with zero attached hydrogens (tertiary/aromatic N) is 1. The van der Waals surface area contributed by atoms with Crippen LogP contribution in [0, 0.1) is 5.92 Å². The van der Waals surface area contributed by atoms with Gasteiger partial charge < -0.3 is 24.7 Å². The normalized spacial score (nSPS) is 17.0. The molecule has 0 aliphatic carbocycles. The van der Waals surface area contributed by atoms with Gasteiger partial charge in [0.2, 0.25) is 0 Å². The number of nitrogens with one attached hydrogen (secondary N) is 2. The molecule has 8 nitrogen and oxygen atoms in total. The number of rotatable bonds is 7. The predicted molar refractivity (Wildman–Crippen MR) is 90.0 cm³/mol. The van der Waals surface area contributed by atoms with Crippen LogP contribution in [0.4, 0.5) is 4.79 Å². The van der Waals surface area contributed by atoms with E-state index in [4.69, 9.17) is 9.15 Å². The van der Waals surface area contributed by atoms with Crippen molar-refractivity contribution in [2.45, 2.75) is 26.2 Å². The number of furan rings is 1. The smallest absolute Gasteiger partial charge is 0.317 e. The van der Waals surface area contributed by atoms with Crippen molar-refractivity contribution in [3.8, 4) is 0 Å². The number of urea groups is 1. The van der Waals surface area contributed by atoms with Gasteiger partial charge in [0.05, 0.1) is 19.3 Å². The van der Waals surface area contributed by atoms with Crippen LogP contribution in [0.1, 0.15) is 36.7 Å². The van der Waals surface area contributed by atoms with Gasteiger partial charge in [-0.05, 0) is 37.8 Å². The molecule has 2 N–H and O–H groups in total. The number of likely N-dealkylation sites (tertiary alicyclic amines) is 1. The number of piperidine rings is 1. The molecule has 0 spiro atoms. The number of esters is 1. The molecule has 1 atom stereocenters. The second-order valence-corrected chi connectivity index (χ2v) is 5.93. The van der Waals surface area contributed by atoms with Crippen LogP contribution in [-0.2, 0) is 9.53 Å². The zero-order valence-electron chi connectivity index (χ0n) is 14.5. The SMILES string of the molecule is CCOC(=O)CCNC(=O)N1CCC[C@@H](CNC(=O)c2ccco2)C1. The number of hydrogen-bond acceptors (Lipinski definition) is 5. The molecule has 0 radical (unpaired) electrons. The molecule has 0 bridgehead atoms. The van der Waals surface area contributed by atoms with Crippen LogP contribution in [0.5, 0.6) is 0 Å². The molecule has 1 aliphatic heterocycles. The molecule has 1 aromatic heterocycles. The van der Waals surface area contributed by atoms with Gasteiger partial charge in [-0.3, -0.25) is 9.59 Å². The molecule has 0 aromatic carbocycles. The van der Waals surface area contributed by atoms with Crippen LogP contribution >= 0.6 is 0 Å². The van der Waals surface area contributed by atoms with Crippen molar-refractivity contribution in [2.24, 2.45) is 5.92 Å². The second-order valence-electron chi connectivity index (χ2n) is 5.93. The van der Waals surface area contributed by atoms with E-state index in [1.165, 1.54) is 6.26 Å². The second kappa shape index (κ2) is 9.71. The first-order valence-electron chi connectivity index (χ1n) is 8.60. The van der Waals surface area contributed by atoms with E-state index in [-0.39, 0.29) is 42.6 Å². The average Bonchev–Trinajstić information content (AvgIpc) is 3.15. The lowest BCUT2D eigenvalue weighted by Gasteiger charge is -2.32. The molecule has 1 fully saturated rings. The Balaban J connectivity index is 1.69. The van der Waals surface area contributed by atoms with E-state index < -0.39 is 0 Å². The molecule has 138 valence electrons. The third-order valence-electron chi connectivity index (χ3n) is 4.01. The molecule has 2 heterocycles. The summed E-state index contributed by atoms with van der Waals surface area (Å²) in [5.41, 5.74) is 0. The first kappa shape index (κ1) is 18.8. The Kier molecular flexibility index (Phi) is 7.31. The van der Waals surface area contributed by atoms with E-state index in [0.717, 1.165) is 12.8 Å². The highest BCUT2D eigenvalue weighted by molar-refractivity contribution is 5.91. The number of hydrogen-bond donors (Lipinski definition) is 2. The van der Waals surface area contributed by atoms with Crippen molar-refractivity contribution < 1.29 is 23.5 Å². The first-order chi connectivity index (χ1) is 12.1. The third-order valence-corrected chi connectivity index (χ3v) is 4.01. The lowest BCUT2D eigenvalue weighted by atomic mass is 9.98. The number of ether oxygens (including phenoxy) is 1. The number of carbonyl (C=O) groups is 3. The third kappa shape index (κ3) is 6.13. The van der Waals surface area contributed by atoms with Gasteiger partial charge >= 0.3 is 12.0 Å². The van der Waals surface area contributed by atoms with Crippen molar-refractivity contribution in [1.82, 2.24) is 15.5 Å². The Morgan fingerprint density at radius 3 is 2.92 bits per heavy atom. The standard InChI is InChI=1S/C17H25N3O5/c1-2-24-15(21)7-8-18-17(23)20-9-3-5-13(12-20)11-19-16(22)14-6-4-10-25-14/h4,6,10,13H,2-3,5,7-9,11-12H2,1H3,(H,18,23)(H,19,22)/t13-/m0/s1. The minimum atomic E-state index is -0.319. The molecule has 0 unspecified atom stereocenters. The van der Waals surface area contributed by atoms with E-state index in [1.807, 2.05) is 0 Å². The molecule has 8 heteroatoms. The van der Waals surface area contributed by atoms with E-state index in [0.29, 0.717) is 26.2 Å². The maximum atomic E-state index is 12.2. The Morgan fingerprint density at radius 1 is 1.36 bits per heavy atom. The van der Waals surface area contributed by atoms with Crippen LogP contribution in [-0.4, -0.2) is 55.6 Å². The van der Waals surface area contributed by atoms with Crippen LogP contribution in [0.3, 0.4) is 0 Å². The van der Waals surface area contributed by atoms with Crippen LogP contribution in [0.2, 0.25) is 0 Å². The Labute approximate surface area is 146 Å². The van der Waals surface area contributed by atoms with Gasteiger partial charge in [-0.25, -0.2) is 4.79 Å². The van der Waals surface area contributed by atoms with Crippen molar-refractivity contribution in [1.29, 1.82) is 0 Å². The van der Waals surface area contributed by atoms with E-state index in [1.54, 1.807) is 24.0 Å². The molecule has 1 aromatic rings. The van der Waals surface area contributed by atoms with Crippen LogP contribution < -0.4 is 10.6 Å². The van der Waals surface area contributed by atoms with Gasteiger partial charge in [0.1, 0.15) is 0 Å². The monoisotopic (exact) mass is 351 g/mol. The summed E-state index contributed by atoms with van der Waals surface area (Å²) in [7, 11) is 0. The molecular weight excluding hydrogens is 326 g/mol. The summed E-state index contributed by atoms with van der Waals surface area (Å²) in [5.74, 6) is -0.0891. The molecule has 25 heavy (non-hydrogen) atoms. The molecule has 2 rings (SSSR count). The first-order valence-corrected chi connectivity index (χ1v) is 8.60. The van der Waals surface area contributed by atoms with E-state index in [2.05, 4.69) is 10.6 Å². The van der Waals surface area contributed by atoms with Gasteiger partial charge in [-0.1, -0.05) is 0 Å². The summed E-state index contributed by atoms with van der Waals surface area (Å²) in [6.07, 6.45) is 3.45. The number of carbonyl (C=O) groups excluding carboxylic acids is 3. The van der Waals surface area contributed by atoms with Gasteiger partial charge in [0.15, 0.2) is 5.76 Å². The molecule has 3 amide bonds. The Hall–Kier alpha value is -2.51. The Bertz CT molecular complexity index is 573. The largest absolute Gasteiger partial charge is 0.466 e. The number of amides is 3. The van der Waals surface area contributed by atoms with E-state index >= 15 is 0 Å². The lowest BCUT2D eigenvalue weighted by molar-refractivity contribution is -0.142. The summed E-state index contributed by atoms with van der Waals surface area (Å²) in [6.45, 7) is 4.08. The lowest BCUT2D eigenvalue weighted by Crippen LogP contribution is -2.48. The maximum Gasteiger partial charge on any atom is 0.317 e. The van der Waals surface area contributed by atoms with Crippen molar-refractivity contribution in [3.05, 3.63) is 24.2 Å². The summed E-state index contributed by atoms with van der Waals surface area (Å²) in [6, 6.07) is 3.09. The molecule has 1 saturated heterocycles. The zero-order chi connectivity index (χ0) is 18.1. The summed E-state index contributed by atoms with van der Waals surface area (Å²) >= 11 is 0. The fourth-order valence-corrected chi connectivity index (χ4v) is 2.76. The fourth-order valence-electron chi connectivity index (χ4n) is 2.76. The van der Waals surface area contributed by atoms with Gasteiger partial charge in [0, 0.05) is 26.2 Å². The van der Waals surface area contributed by atoms with Gasteiger partial charge in [-0.2, -0.15) is 0 Å². The quantitative estimate of drug-likeness (QED) is 0.723.